The SMILES string of the molecule is CC(C)N1CCCC(c2cccc(CC3(C(=O)NCc4ccccn4)CCOCC3)c2)C1. The molecule has 1 atom stereocenters. The predicted octanol–water partition coefficient (Wildman–Crippen LogP) is 4.33. The van der Waals surface area contributed by atoms with Crippen LogP contribution in [0, 0.1) is 5.41 Å². The normalized spacial score (nSPS) is 21.4. The second-order valence-corrected chi connectivity index (χ2v) is 9.75. The van der Waals surface area contributed by atoms with Crippen molar-refractivity contribution in [2.24, 2.45) is 5.41 Å². The lowest BCUT2D eigenvalue weighted by atomic mass is 9.74. The van der Waals surface area contributed by atoms with E-state index in [9.17, 15) is 4.79 Å². The zero-order valence-corrected chi connectivity index (χ0v) is 19.6. The highest BCUT2D eigenvalue weighted by atomic mass is 16.5. The van der Waals surface area contributed by atoms with Crippen LogP contribution in [0.5, 0.6) is 0 Å². The molecule has 3 heterocycles. The van der Waals surface area contributed by atoms with Crippen LogP contribution in [-0.2, 0) is 22.5 Å². The van der Waals surface area contributed by atoms with Crippen LogP contribution in [0.3, 0.4) is 0 Å². The van der Waals surface area contributed by atoms with Gasteiger partial charge in [-0.25, -0.2) is 0 Å². The second kappa shape index (κ2) is 10.6. The number of aromatic nitrogens is 1. The van der Waals surface area contributed by atoms with E-state index in [4.69, 9.17) is 4.74 Å². The Morgan fingerprint density at radius 1 is 1.22 bits per heavy atom. The molecular weight excluding hydrogens is 398 g/mol. The molecule has 0 aliphatic carbocycles. The van der Waals surface area contributed by atoms with Crippen LogP contribution in [-0.4, -0.2) is 48.1 Å². The van der Waals surface area contributed by atoms with Crippen molar-refractivity contribution in [3.05, 3.63) is 65.5 Å². The second-order valence-electron chi connectivity index (χ2n) is 9.75. The highest BCUT2D eigenvalue weighted by Gasteiger charge is 2.40. The summed E-state index contributed by atoms with van der Waals surface area (Å²) in [7, 11) is 0. The minimum atomic E-state index is -0.414. The van der Waals surface area contributed by atoms with E-state index in [0.717, 1.165) is 31.5 Å². The van der Waals surface area contributed by atoms with Crippen LogP contribution in [0.2, 0.25) is 0 Å². The van der Waals surface area contributed by atoms with Gasteiger partial charge in [-0.05, 0) is 81.7 Å². The largest absolute Gasteiger partial charge is 0.381 e. The van der Waals surface area contributed by atoms with Crippen molar-refractivity contribution in [1.82, 2.24) is 15.2 Å². The first-order valence-corrected chi connectivity index (χ1v) is 12.1. The summed E-state index contributed by atoms with van der Waals surface area (Å²) in [6, 6.07) is 15.4. The molecule has 172 valence electrons. The number of hydrogen-bond donors (Lipinski definition) is 1. The first-order chi connectivity index (χ1) is 15.6. The number of carbonyl (C=O) groups excluding carboxylic acids is 1. The van der Waals surface area contributed by atoms with Gasteiger partial charge >= 0.3 is 0 Å². The van der Waals surface area contributed by atoms with Crippen LogP contribution in [0.25, 0.3) is 0 Å². The quantitative estimate of drug-likeness (QED) is 0.704. The third kappa shape index (κ3) is 5.57. The fraction of sp³-hybridized carbons (Fsp3) is 0.556. The summed E-state index contributed by atoms with van der Waals surface area (Å²) in [5, 5.41) is 3.16. The molecule has 0 bridgehead atoms. The molecule has 4 rings (SSSR count). The number of hydrogen-bond acceptors (Lipinski definition) is 4. The maximum atomic E-state index is 13.4. The number of carbonyl (C=O) groups is 1. The summed E-state index contributed by atoms with van der Waals surface area (Å²) < 4.78 is 5.63. The molecule has 1 unspecified atom stereocenters. The van der Waals surface area contributed by atoms with Gasteiger partial charge in [-0.15, -0.1) is 0 Å². The molecule has 1 N–H and O–H groups in total. The van der Waals surface area contributed by atoms with Gasteiger partial charge in [0.15, 0.2) is 0 Å². The van der Waals surface area contributed by atoms with Crippen molar-refractivity contribution in [1.29, 1.82) is 0 Å². The molecule has 1 aromatic heterocycles. The molecule has 2 fully saturated rings. The summed E-state index contributed by atoms with van der Waals surface area (Å²) in [6.07, 6.45) is 6.55. The highest BCUT2D eigenvalue weighted by Crippen LogP contribution is 2.36. The van der Waals surface area contributed by atoms with Crippen LogP contribution in [0.1, 0.15) is 62.3 Å². The van der Waals surface area contributed by atoms with E-state index in [2.05, 4.69) is 53.3 Å². The summed E-state index contributed by atoms with van der Waals surface area (Å²) in [6.45, 7) is 8.66. The van der Waals surface area contributed by atoms with Crippen LogP contribution in [0.15, 0.2) is 48.7 Å². The number of piperidine rings is 1. The van der Waals surface area contributed by atoms with Gasteiger partial charge in [-0.2, -0.15) is 0 Å². The monoisotopic (exact) mass is 435 g/mol. The van der Waals surface area contributed by atoms with Crippen molar-refractivity contribution in [3.63, 3.8) is 0 Å². The van der Waals surface area contributed by atoms with Crippen molar-refractivity contribution in [2.45, 2.75) is 64.5 Å². The number of pyridine rings is 1. The molecule has 0 radical (unpaired) electrons. The lowest BCUT2D eigenvalue weighted by Crippen LogP contribution is -2.46. The highest BCUT2D eigenvalue weighted by molar-refractivity contribution is 5.83. The summed E-state index contributed by atoms with van der Waals surface area (Å²) in [5.41, 5.74) is 3.16. The Kier molecular flexibility index (Phi) is 7.59. The standard InChI is InChI=1S/C27H37N3O2/c1-21(2)30-14-6-9-24(20-30)23-8-5-7-22(17-23)18-27(11-15-32-16-12-27)26(31)29-19-25-10-3-4-13-28-25/h3-5,7-8,10,13,17,21,24H,6,9,11-12,14-16,18-20H2,1-2H3,(H,29,31). The number of rotatable bonds is 7. The number of benzene rings is 1. The van der Waals surface area contributed by atoms with Gasteiger partial charge in [0.2, 0.25) is 5.91 Å². The number of likely N-dealkylation sites (tertiary alicyclic amines) is 1. The van der Waals surface area contributed by atoms with Gasteiger partial charge in [0, 0.05) is 32.0 Å². The summed E-state index contributed by atoms with van der Waals surface area (Å²) in [5.74, 6) is 0.704. The summed E-state index contributed by atoms with van der Waals surface area (Å²) >= 11 is 0. The Bertz CT molecular complexity index is 877. The van der Waals surface area contributed by atoms with Crippen molar-refractivity contribution in [3.8, 4) is 0 Å². The van der Waals surface area contributed by atoms with Gasteiger partial charge in [0.1, 0.15) is 0 Å². The van der Waals surface area contributed by atoms with Crippen molar-refractivity contribution < 1.29 is 9.53 Å². The predicted molar refractivity (Wildman–Crippen MR) is 127 cm³/mol. The average molecular weight is 436 g/mol. The smallest absolute Gasteiger partial charge is 0.227 e. The number of amides is 1. The lowest BCUT2D eigenvalue weighted by molar-refractivity contribution is -0.136. The van der Waals surface area contributed by atoms with Gasteiger partial charge in [0.25, 0.3) is 0 Å². The number of nitrogens with one attached hydrogen (secondary N) is 1. The van der Waals surface area contributed by atoms with Gasteiger partial charge in [-0.3, -0.25) is 9.78 Å². The molecule has 0 saturated carbocycles. The Morgan fingerprint density at radius 3 is 2.81 bits per heavy atom. The molecule has 2 aliphatic rings. The zero-order valence-electron chi connectivity index (χ0n) is 19.6. The van der Waals surface area contributed by atoms with Crippen LogP contribution >= 0.6 is 0 Å². The molecule has 5 nitrogen and oxygen atoms in total. The molecule has 1 amide bonds. The molecule has 0 spiro atoms. The molecule has 1 aromatic carbocycles. The fourth-order valence-corrected chi connectivity index (χ4v) is 5.20. The lowest BCUT2D eigenvalue weighted by Gasteiger charge is -2.37. The van der Waals surface area contributed by atoms with Gasteiger partial charge in [0.05, 0.1) is 17.7 Å². The zero-order chi connectivity index (χ0) is 22.4. The van der Waals surface area contributed by atoms with Crippen LogP contribution in [0.4, 0.5) is 0 Å². The molecular formula is C27H37N3O2. The Labute approximate surface area is 192 Å². The maximum Gasteiger partial charge on any atom is 0.227 e. The molecule has 2 saturated heterocycles. The number of ether oxygens (including phenoxy) is 1. The first-order valence-electron chi connectivity index (χ1n) is 12.1. The van der Waals surface area contributed by atoms with E-state index in [1.54, 1.807) is 6.20 Å². The Balaban J connectivity index is 1.48. The Hall–Kier alpha value is -2.24. The molecule has 2 aromatic rings. The van der Waals surface area contributed by atoms with Crippen LogP contribution < -0.4 is 5.32 Å². The minimum absolute atomic E-state index is 0.125. The maximum absolute atomic E-state index is 13.4. The van der Waals surface area contributed by atoms with E-state index < -0.39 is 5.41 Å². The number of nitrogens with zero attached hydrogens (tertiary/aromatic N) is 2. The minimum Gasteiger partial charge on any atom is -0.381 e. The van der Waals surface area contributed by atoms with E-state index in [1.807, 2.05) is 18.2 Å². The van der Waals surface area contributed by atoms with Gasteiger partial charge in [-0.1, -0.05) is 30.3 Å². The fourth-order valence-electron chi connectivity index (χ4n) is 5.20. The van der Waals surface area contributed by atoms with E-state index in [0.29, 0.717) is 31.7 Å². The van der Waals surface area contributed by atoms with Gasteiger partial charge < -0.3 is 15.0 Å². The van der Waals surface area contributed by atoms with E-state index in [1.165, 1.54) is 30.5 Å². The molecule has 32 heavy (non-hydrogen) atoms. The topological polar surface area (TPSA) is 54.5 Å². The third-order valence-corrected chi connectivity index (χ3v) is 7.24. The average Bonchev–Trinajstić information content (AvgIpc) is 2.84. The van der Waals surface area contributed by atoms with E-state index in [-0.39, 0.29) is 5.91 Å². The molecule has 5 heteroatoms. The third-order valence-electron chi connectivity index (χ3n) is 7.24. The van der Waals surface area contributed by atoms with E-state index >= 15 is 0 Å². The Morgan fingerprint density at radius 2 is 2.06 bits per heavy atom. The van der Waals surface area contributed by atoms with Crippen molar-refractivity contribution in [2.75, 3.05) is 26.3 Å². The van der Waals surface area contributed by atoms with Crippen molar-refractivity contribution >= 4 is 5.91 Å². The summed E-state index contributed by atoms with van der Waals surface area (Å²) in [4.78, 5) is 20.3. The first kappa shape index (κ1) is 22.9. The molecule has 2 aliphatic heterocycles.